The minimum atomic E-state index is -0.103. The Labute approximate surface area is 91.7 Å². The van der Waals surface area contributed by atoms with Gasteiger partial charge in [0, 0.05) is 13.1 Å². The summed E-state index contributed by atoms with van der Waals surface area (Å²) in [7, 11) is 0. The molecule has 0 radical (unpaired) electrons. The van der Waals surface area contributed by atoms with Crippen LogP contribution in [0.5, 0.6) is 0 Å². The lowest BCUT2D eigenvalue weighted by molar-refractivity contribution is 0.167. The van der Waals surface area contributed by atoms with Crippen molar-refractivity contribution in [1.82, 2.24) is 9.91 Å². The Bertz CT molecular complexity index is 210. The van der Waals surface area contributed by atoms with Crippen molar-refractivity contribution in [2.75, 3.05) is 13.1 Å². The molecule has 0 fully saturated rings. The van der Waals surface area contributed by atoms with E-state index in [1.165, 1.54) is 0 Å². The van der Waals surface area contributed by atoms with Gasteiger partial charge in [0.15, 0.2) is 5.62 Å². The minimum absolute atomic E-state index is 0.103. The summed E-state index contributed by atoms with van der Waals surface area (Å²) < 4.78 is 0. The molecule has 0 amide bonds. The molecule has 0 bridgehead atoms. The fourth-order valence-corrected chi connectivity index (χ4v) is 1.74. The normalized spacial score (nSPS) is 22.2. The van der Waals surface area contributed by atoms with Crippen molar-refractivity contribution in [3.05, 3.63) is 0 Å². The fourth-order valence-electron chi connectivity index (χ4n) is 1.47. The lowest BCUT2D eigenvalue weighted by atomic mass is 9.96. The molecule has 1 heterocycles. The maximum atomic E-state index is 6.26. The number of rotatable bonds is 3. The Balaban J connectivity index is 2.48. The SMILES string of the molecule is CCCN1N=CN(CC(C)(C)C)C1Cl. The monoisotopic (exact) mass is 217 g/mol. The molecule has 0 saturated heterocycles. The second kappa shape index (κ2) is 4.39. The molecule has 0 saturated carbocycles. The Morgan fingerprint density at radius 1 is 1.43 bits per heavy atom. The van der Waals surface area contributed by atoms with Crippen LogP contribution in [0, 0.1) is 5.41 Å². The van der Waals surface area contributed by atoms with Gasteiger partial charge in [0.05, 0.1) is 0 Å². The molecule has 1 aliphatic rings. The van der Waals surface area contributed by atoms with Gasteiger partial charge in [-0.25, -0.2) is 0 Å². The van der Waals surface area contributed by atoms with Gasteiger partial charge in [-0.3, -0.25) is 5.01 Å². The third-order valence-corrected chi connectivity index (χ3v) is 2.45. The van der Waals surface area contributed by atoms with Crippen LogP contribution in [0.15, 0.2) is 5.10 Å². The highest BCUT2D eigenvalue weighted by Crippen LogP contribution is 2.22. The van der Waals surface area contributed by atoms with E-state index in [2.05, 4.69) is 37.7 Å². The van der Waals surface area contributed by atoms with E-state index in [0.29, 0.717) is 0 Å². The molecule has 4 heteroatoms. The predicted molar refractivity (Wildman–Crippen MR) is 61.3 cm³/mol. The predicted octanol–water partition coefficient (Wildman–Crippen LogP) is 2.53. The summed E-state index contributed by atoms with van der Waals surface area (Å²) in [5, 5.41) is 6.20. The molecule has 14 heavy (non-hydrogen) atoms. The Morgan fingerprint density at radius 2 is 2.07 bits per heavy atom. The highest BCUT2D eigenvalue weighted by atomic mass is 35.5. The second-order valence-electron chi connectivity index (χ2n) is 4.94. The largest absolute Gasteiger partial charge is 0.326 e. The summed E-state index contributed by atoms with van der Waals surface area (Å²) in [6, 6.07) is 0. The number of alkyl halides is 1. The van der Waals surface area contributed by atoms with E-state index in [-0.39, 0.29) is 11.0 Å². The van der Waals surface area contributed by atoms with Gasteiger partial charge >= 0.3 is 0 Å². The van der Waals surface area contributed by atoms with Gasteiger partial charge in [0.2, 0.25) is 0 Å². The molecular formula is C10H20ClN3. The van der Waals surface area contributed by atoms with E-state index >= 15 is 0 Å². The summed E-state index contributed by atoms with van der Waals surface area (Å²) in [5.41, 5.74) is 0.149. The Kier molecular flexibility index (Phi) is 3.65. The van der Waals surface area contributed by atoms with Crippen molar-refractivity contribution in [1.29, 1.82) is 0 Å². The van der Waals surface area contributed by atoms with Crippen LogP contribution in [-0.4, -0.2) is 35.0 Å². The van der Waals surface area contributed by atoms with Crippen LogP contribution < -0.4 is 0 Å². The standard InChI is InChI=1S/C10H20ClN3/c1-5-6-14-9(11)13(8-12-14)7-10(2,3)4/h8-9H,5-7H2,1-4H3. The lowest BCUT2D eigenvalue weighted by Gasteiger charge is -2.30. The van der Waals surface area contributed by atoms with Gasteiger partial charge in [-0.1, -0.05) is 39.3 Å². The van der Waals surface area contributed by atoms with Crippen molar-refractivity contribution < 1.29 is 0 Å². The summed E-state index contributed by atoms with van der Waals surface area (Å²) in [6.45, 7) is 10.6. The maximum absolute atomic E-state index is 6.26. The molecule has 0 aromatic rings. The van der Waals surface area contributed by atoms with E-state index in [1.54, 1.807) is 0 Å². The van der Waals surface area contributed by atoms with E-state index < -0.39 is 0 Å². The minimum Gasteiger partial charge on any atom is -0.326 e. The maximum Gasteiger partial charge on any atom is 0.195 e. The average Bonchev–Trinajstić information content (AvgIpc) is 2.34. The van der Waals surface area contributed by atoms with Crippen LogP contribution in [-0.2, 0) is 0 Å². The Morgan fingerprint density at radius 3 is 2.57 bits per heavy atom. The molecule has 1 rings (SSSR count). The second-order valence-corrected chi connectivity index (χ2v) is 5.33. The third kappa shape index (κ3) is 3.05. The van der Waals surface area contributed by atoms with Crippen molar-refractivity contribution in [3.8, 4) is 0 Å². The quantitative estimate of drug-likeness (QED) is 0.535. The molecule has 0 spiro atoms. The highest BCUT2D eigenvalue weighted by molar-refractivity contribution is 6.20. The smallest absolute Gasteiger partial charge is 0.195 e. The van der Waals surface area contributed by atoms with Crippen LogP contribution in [0.25, 0.3) is 0 Å². The first-order chi connectivity index (χ1) is 6.44. The molecule has 0 N–H and O–H groups in total. The molecule has 0 aliphatic carbocycles. The van der Waals surface area contributed by atoms with Gasteiger partial charge in [-0.05, 0) is 11.8 Å². The van der Waals surface area contributed by atoms with Crippen LogP contribution >= 0.6 is 11.6 Å². The number of hydrogen-bond donors (Lipinski definition) is 0. The average molecular weight is 218 g/mol. The third-order valence-electron chi connectivity index (χ3n) is 1.98. The van der Waals surface area contributed by atoms with Crippen molar-refractivity contribution in [2.45, 2.75) is 39.7 Å². The summed E-state index contributed by atoms with van der Waals surface area (Å²) >= 11 is 6.26. The number of hydrazone groups is 1. The van der Waals surface area contributed by atoms with Gasteiger partial charge in [0.1, 0.15) is 6.34 Å². The van der Waals surface area contributed by atoms with Crippen LogP contribution in [0.1, 0.15) is 34.1 Å². The van der Waals surface area contributed by atoms with Crippen molar-refractivity contribution in [3.63, 3.8) is 0 Å². The number of halogens is 1. The summed E-state index contributed by atoms with van der Waals surface area (Å²) in [4.78, 5) is 2.08. The molecule has 1 aliphatic heterocycles. The molecule has 1 atom stereocenters. The summed E-state index contributed by atoms with van der Waals surface area (Å²) in [5.74, 6) is 0. The van der Waals surface area contributed by atoms with Crippen LogP contribution in [0.2, 0.25) is 0 Å². The first-order valence-electron chi connectivity index (χ1n) is 5.14. The molecule has 0 aromatic carbocycles. The fraction of sp³-hybridized carbons (Fsp3) is 0.900. The highest BCUT2D eigenvalue weighted by Gasteiger charge is 2.27. The van der Waals surface area contributed by atoms with E-state index in [9.17, 15) is 0 Å². The van der Waals surface area contributed by atoms with E-state index in [4.69, 9.17) is 11.6 Å². The first kappa shape index (κ1) is 11.6. The molecule has 3 nitrogen and oxygen atoms in total. The van der Waals surface area contributed by atoms with Gasteiger partial charge < -0.3 is 4.90 Å². The molecule has 0 aromatic heterocycles. The first-order valence-corrected chi connectivity index (χ1v) is 5.58. The van der Waals surface area contributed by atoms with Crippen molar-refractivity contribution in [2.24, 2.45) is 10.5 Å². The van der Waals surface area contributed by atoms with Gasteiger partial charge in [-0.15, -0.1) is 0 Å². The zero-order chi connectivity index (χ0) is 10.8. The topological polar surface area (TPSA) is 18.8 Å². The van der Waals surface area contributed by atoms with Crippen LogP contribution in [0.3, 0.4) is 0 Å². The zero-order valence-corrected chi connectivity index (χ0v) is 10.3. The lowest BCUT2D eigenvalue weighted by Crippen LogP contribution is -2.39. The zero-order valence-electron chi connectivity index (χ0n) is 9.50. The van der Waals surface area contributed by atoms with Crippen molar-refractivity contribution >= 4 is 17.9 Å². The van der Waals surface area contributed by atoms with E-state index in [1.807, 2.05) is 11.3 Å². The number of nitrogens with zero attached hydrogens (tertiary/aromatic N) is 3. The molecule has 82 valence electrons. The Hall–Kier alpha value is -0.440. The summed E-state index contributed by atoms with van der Waals surface area (Å²) in [6.07, 6.45) is 2.92. The van der Waals surface area contributed by atoms with Gasteiger partial charge in [0.25, 0.3) is 0 Å². The molecule has 1 unspecified atom stereocenters. The van der Waals surface area contributed by atoms with Gasteiger partial charge in [-0.2, -0.15) is 5.10 Å². The molecular weight excluding hydrogens is 198 g/mol. The van der Waals surface area contributed by atoms with E-state index in [0.717, 1.165) is 19.5 Å². The number of hydrogen-bond acceptors (Lipinski definition) is 3. The van der Waals surface area contributed by atoms with Crippen LogP contribution in [0.4, 0.5) is 0 Å².